The summed E-state index contributed by atoms with van der Waals surface area (Å²) in [4.78, 5) is 35.0. The summed E-state index contributed by atoms with van der Waals surface area (Å²) in [6, 6.07) is 15.9. The molecule has 0 radical (unpaired) electrons. The Labute approximate surface area is 166 Å². The molecule has 0 atom stereocenters. The van der Waals surface area contributed by atoms with E-state index in [0.717, 1.165) is 11.3 Å². The standard InChI is InChI=1S/C20H20N6O3/c21-17(27)12-24-19(28)14-8-6-13(7-9-14)10-23-20(29)16-11-25-26(18(16)22)15-4-2-1-3-5-15/h1-9,11H,10,12,22H2,(H2,21,27)(H,23,29)(H,24,28). The highest BCUT2D eigenvalue weighted by Gasteiger charge is 2.16. The van der Waals surface area contributed by atoms with Gasteiger partial charge >= 0.3 is 0 Å². The van der Waals surface area contributed by atoms with Gasteiger partial charge in [0.15, 0.2) is 0 Å². The summed E-state index contributed by atoms with van der Waals surface area (Å²) in [5, 5.41) is 9.36. The third-order valence-corrected chi connectivity index (χ3v) is 4.14. The first kappa shape index (κ1) is 19.6. The Morgan fingerprint density at radius 3 is 2.28 bits per heavy atom. The first-order chi connectivity index (χ1) is 14.0. The van der Waals surface area contributed by atoms with Crippen molar-refractivity contribution < 1.29 is 14.4 Å². The SMILES string of the molecule is NC(=O)CNC(=O)c1ccc(CNC(=O)c2cnn(-c3ccccc3)c2N)cc1. The van der Waals surface area contributed by atoms with E-state index < -0.39 is 11.8 Å². The fourth-order valence-corrected chi connectivity index (χ4v) is 2.63. The van der Waals surface area contributed by atoms with Crippen LogP contribution in [-0.4, -0.2) is 34.0 Å². The lowest BCUT2D eigenvalue weighted by molar-refractivity contribution is -0.117. The topological polar surface area (TPSA) is 145 Å². The highest BCUT2D eigenvalue weighted by Crippen LogP contribution is 2.17. The van der Waals surface area contributed by atoms with E-state index >= 15 is 0 Å². The lowest BCUT2D eigenvalue weighted by atomic mass is 10.1. The summed E-state index contributed by atoms with van der Waals surface area (Å²) in [6.45, 7) is 0.0205. The van der Waals surface area contributed by atoms with Crippen LogP contribution in [0.25, 0.3) is 5.69 Å². The fourth-order valence-electron chi connectivity index (χ4n) is 2.63. The van der Waals surface area contributed by atoms with E-state index in [2.05, 4.69) is 15.7 Å². The van der Waals surface area contributed by atoms with Crippen LogP contribution in [0.2, 0.25) is 0 Å². The Morgan fingerprint density at radius 1 is 0.931 bits per heavy atom. The fraction of sp³-hybridized carbons (Fsp3) is 0.100. The number of carbonyl (C=O) groups is 3. The molecular weight excluding hydrogens is 372 g/mol. The van der Waals surface area contributed by atoms with Crippen molar-refractivity contribution in [1.82, 2.24) is 20.4 Å². The Morgan fingerprint density at radius 2 is 1.62 bits per heavy atom. The molecule has 6 N–H and O–H groups in total. The molecule has 3 aromatic rings. The van der Waals surface area contributed by atoms with Gasteiger partial charge < -0.3 is 22.1 Å². The molecule has 29 heavy (non-hydrogen) atoms. The highest BCUT2D eigenvalue weighted by atomic mass is 16.2. The van der Waals surface area contributed by atoms with Crippen molar-refractivity contribution in [2.45, 2.75) is 6.54 Å². The number of nitrogen functional groups attached to an aromatic ring is 1. The molecule has 0 fully saturated rings. The molecule has 0 unspecified atom stereocenters. The van der Waals surface area contributed by atoms with E-state index in [0.29, 0.717) is 5.56 Å². The average molecular weight is 392 g/mol. The van der Waals surface area contributed by atoms with Crippen LogP contribution in [0.3, 0.4) is 0 Å². The number of para-hydroxylation sites is 1. The molecule has 9 nitrogen and oxygen atoms in total. The van der Waals surface area contributed by atoms with E-state index in [1.807, 2.05) is 30.3 Å². The minimum Gasteiger partial charge on any atom is -0.383 e. The summed E-state index contributed by atoms with van der Waals surface area (Å²) < 4.78 is 1.49. The number of nitrogens with one attached hydrogen (secondary N) is 2. The monoisotopic (exact) mass is 392 g/mol. The Bertz CT molecular complexity index is 1030. The van der Waals surface area contributed by atoms with Gasteiger partial charge in [-0.1, -0.05) is 30.3 Å². The van der Waals surface area contributed by atoms with E-state index in [4.69, 9.17) is 11.5 Å². The molecule has 2 aromatic carbocycles. The zero-order valence-electron chi connectivity index (χ0n) is 15.5. The molecular formula is C20H20N6O3. The van der Waals surface area contributed by atoms with Crippen molar-refractivity contribution in [1.29, 1.82) is 0 Å². The number of anilines is 1. The van der Waals surface area contributed by atoms with Gasteiger partial charge in [0.25, 0.3) is 11.8 Å². The third-order valence-electron chi connectivity index (χ3n) is 4.14. The van der Waals surface area contributed by atoms with Crippen molar-refractivity contribution in [2.75, 3.05) is 12.3 Å². The summed E-state index contributed by atoms with van der Waals surface area (Å²) >= 11 is 0. The number of aromatic nitrogens is 2. The smallest absolute Gasteiger partial charge is 0.256 e. The van der Waals surface area contributed by atoms with E-state index in [9.17, 15) is 14.4 Å². The molecule has 0 spiro atoms. The quantitative estimate of drug-likeness (QED) is 0.465. The lowest BCUT2D eigenvalue weighted by Crippen LogP contribution is -2.33. The van der Waals surface area contributed by atoms with Gasteiger partial charge in [-0.25, -0.2) is 4.68 Å². The van der Waals surface area contributed by atoms with Crippen LogP contribution in [0, 0.1) is 0 Å². The Balaban J connectivity index is 1.60. The summed E-state index contributed by atoms with van der Waals surface area (Å²) in [6.07, 6.45) is 1.42. The maximum Gasteiger partial charge on any atom is 0.256 e. The van der Waals surface area contributed by atoms with Crippen molar-refractivity contribution >= 4 is 23.5 Å². The van der Waals surface area contributed by atoms with Gasteiger partial charge in [-0.15, -0.1) is 0 Å². The van der Waals surface area contributed by atoms with E-state index in [1.165, 1.54) is 10.9 Å². The Hall–Kier alpha value is -4.14. The molecule has 9 heteroatoms. The number of nitrogens with zero attached hydrogens (tertiary/aromatic N) is 2. The van der Waals surface area contributed by atoms with Gasteiger partial charge in [-0.05, 0) is 29.8 Å². The van der Waals surface area contributed by atoms with Gasteiger partial charge in [-0.3, -0.25) is 14.4 Å². The van der Waals surface area contributed by atoms with Gasteiger partial charge in [0.05, 0.1) is 18.4 Å². The normalized spacial score (nSPS) is 10.3. The zero-order chi connectivity index (χ0) is 20.8. The molecule has 1 heterocycles. The van der Waals surface area contributed by atoms with Gasteiger partial charge in [0, 0.05) is 12.1 Å². The van der Waals surface area contributed by atoms with Crippen LogP contribution in [0.5, 0.6) is 0 Å². The number of primary amides is 1. The number of amides is 3. The third kappa shape index (κ3) is 4.78. The van der Waals surface area contributed by atoms with Crippen LogP contribution < -0.4 is 22.1 Å². The highest BCUT2D eigenvalue weighted by molar-refractivity contribution is 5.98. The van der Waals surface area contributed by atoms with Crippen molar-refractivity contribution in [2.24, 2.45) is 5.73 Å². The largest absolute Gasteiger partial charge is 0.383 e. The molecule has 148 valence electrons. The minimum absolute atomic E-state index is 0.227. The molecule has 3 amide bonds. The molecule has 0 aliphatic rings. The molecule has 1 aromatic heterocycles. The second-order valence-electron chi connectivity index (χ2n) is 6.22. The summed E-state index contributed by atoms with van der Waals surface area (Å²) in [7, 11) is 0. The molecule has 0 saturated carbocycles. The number of nitrogens with two attached hydrogens (primary N) is 2. The van der Waals surface area contributed by atoms with E-state index in [-0.39, 0.29) is 30.4 Å². The number of hydrogen-bond acceptors (Lipinski definition) is 5. The summed E-state index contributed by atoms with van der Waals surface area (Å²) in [5.41, 5.74) is 13.3. The van der Waals surface area contributed by atoms with Gasteiger partial charge in [0.1, 0.15) is 11.4 Å². The van der Waals surface area contributed by atoms with Crippen LogP contribution >= 0.6 is 0 Å². The number of carbonyl (C=O) groups excluding carboxylic acids is 3. The van der Waals surface area contributed by atoms with Gasteiger partial charge in [-0.2, -0.15) is 5.10 Å². The van der Waals surface area contributed by atoms with E-state index in [1.54, 1.807) is 24.3 Å². The minimum atomic E-state index is -0.618. The van der Waals surface area contributed by atoms with Crippen LogP contribution in [0.4, 0.5) is 5.82 Å². The maximum absolute atomic E-state index is 12.5. The molecule has 3 rings (SSSR count). The van der Waals surface area contributed by atoms with Crippen LogP contribution in [-0.2, 0) is 11.3 Å². The van der Waals surface area contributed by atoms with Crippen molar-refractivity contribution in [3.05, 3.63) is 77.5 Å². The van der Waals surface area contributed by atoms with Crippen molar-refractivity contribution in [3.8, 4) is 5.69 Å². The first-order valence-electron chi connectivity index (χ1n) is 8.78. The molecule has 0 bridgehead atoms. The van der Waals surface area contributed by atoms with Gasteiger partial charge in [0.2, 0.25) is 5.91 Å². The second kappa shape index (κ2) is 8.70. The number of benzene rings is 2. The molecule has 0 aliphatic carbocycles. The molecule has 0 aliphatic heterocycles. The van der Waals surface area contributed by atoms with Crippen LogP contribution in [0.1, 0.15) is 26.3 Å². The van der Waals surface area contributed by atoms with Crippen molar-refractivity contribution in [3.63, 3.8) is 0 Å². The lowest BCUT2D eigenvalue weighted by Gasteiger charge is -2.07. The van der Waals surface area contributed by atoms with Crippen LogP contribution in [0.15, 0.2) is 60.8 Å². The molecule has 0 saturated heterocycles. The number of rotatable bonds is 7. The Kier molecular flexibility index (Phi) is 5.88. The predicted molar refractivity (Wildman–Crippen MR) is 107 cm³/mol. The predicted octanol–water partition coefficient (Wildman–Crippen LogP) is 0.600. The number of hydrogen-bond donors (Lipinski definition) is 4. The average Bonchev–Trinajstić information content (AvgIpc) is 3.12. The first-order valence-corrected chi connectivity index (χ1v) is 8.78. The zero-order valence-corrected chi connectivity index (χ0v) is 15.5. The summed E-state index contributed by atoms with van der Waals surface area (Å²) in [5.74, 6) is -1.13. The maximum atomic E-state index is 12.5. The second-order valence-corrected chi connectivity index (χ2v) is 6.22.